The number of carbonyl (C=O) groups is 2. The van der Waals surface area contributed by atoms with Gasteiger partial charge in [0.1, 0.15) is 0 Å². The average molecular weight is 498 g/mol. The Bertz CT molecular complexity index is 1260. The van der Waals surface area contributed by atoms with Crippen LogP contribution in [-0.2, 0) is 9.47 Å². The minimum Gasteiger partial charge on any atom is -0.449 e. The Labute approximate surface area is 208 Å². The zero-order valence-corrected chi connectivity index (χ0v) is 20.6. The molecule has 2 aromatic heterocycles. The van der Waals surface area contributed by atoms with E-state index in [1.54, 1.807) is 28.1 Å². The van der Waals surface area contributed by atoms with Crippen molar-refractivity contribution in [3.8, 4) is 11.3 Å². The molecule has 0 unspecified atom stereocenters. The van der Waals surface area contributed by atoms with Crippen molar-refractivity contribution in [3.05, 3.63) is 47.2 Å². The monoisotopic (exact) mass is 497 g/mol. The van der Waals surface area contributed by atoms with Gasteiger partial charge in [-0.2, -0.15) is 5.10 Å². The number of halogens is 1. The van der Waals surface area contributed by atoms with E-state index in [9.17, 15) is 9.59 Å². The minimum absolute atomic E-state index is 0.0959. The summed E-state index contributed by atoms with van der Waals surface area (Å²) in [7, 11) is 0. The average Bonchev–Trinajstić information content (AvgIpc) is 3.30. The number of pyridine rings is 1. The number of benzene rings is 1. The number of piperazine rings is 1. The van der Waals surface area contributed by atoms with Crippen LogP contribution in [0.25, 0.3) is 22.2 Å². The fraction of sp³-hybridized carbons (Fsp3) is 0.440. The van der Waals surface area contributed by atoms with Crippen LogP contribution < -0.4 is 0 Å². The Morgan fingerprint density at radius 1 is 1.23 bits per heavy atom. The van der Waals surface area contributed by atoms with Gasteiger partial charge in [0.25, 0.3) is 5.91 Å². The molecule has 0 saturated carbocycles. The summed E-state index contributed by atoms with van der Waals surface area (Å²) in [6.45, 7) is 6.92. The van der Waals surface area contributed by atoms with Crippen molar-refractivity contribution in [1.82, 2.24) is 24.6 Å². The number of hydrogen-bond acceptors (Lipinski definition) is 6. The van der Waals surface area contributed by atoms with Gasteiger partial charge in [-0.15, -0.1) is 0 Å². The molecule has 2 aliphatic rings. The Morgan fingerprint density at radius 3 is 2.77 bits per heavy atom. The van der Waals surface area contributed by atoms with Gasteiger partial charge in [0.2, 0.25) is 0 Å². The van der Waals surface area contributed by atoms with Crippen LogP contribution in [0.3, 0.4) is 0 Å². The van der Waals surface area contributed by atoms with Crippen LogP contribution in [0.1, 0.15) is 36.7 Å². The molecule has 1 atom stereocenters. The van der Waals surface area contributed by atoms with Crippen LogP contribution >= 0.6 is 11.6 Å². The molecule has 4 heterocycles. The van der Waals surface area contributed by atoms with E-state index in [1.165, 1.54) is 0 Å². The molecule has 0 spiro atoms. The fourth-order valence-corrected chi connectivity index (χ4v) is 4.64. The van der Waals surface area contributed by atoms with Crippen LogP contribution in [0.4, 0.5) is 4.79 Å². The molecule has 2 fully saturated rings. The molecule has 0 aliphatic carbocycles. The Morgan fingerprint density at radius 2 is 2.06 bits per heavy atom. The van der Waals surface area contributed by atoms with Gasteiger partial charge < -0.3 is 19.3 Å². The van der Waals surface area contributed by atoms with E-state index in [0.29, 0.717) is 61.3 Å². The van der Waals surface area contributed by atoms with Gasteiger partial charge in [0.15, 0.2) is 0 Å². The van der Waals surface area contributed by atoms with Crippen molar-refractivity contribution < 1.29 is 19.1 Å². The van der Waals surface area contributed by atoms with Gasteiger partial charge in [0, 0.05) is 48.4 Å². The molecule has 3 aromatic rings. The number of carbonyl (C=O) groups excluding carboxylic acids is 2. The predicted octanol–water partition coefficient (Wildman–Crippen LogP) is 4.02. The number of nitrogens with zero attached hydrogens (tertiary/aromatic N) is 5. The number of hydrogen-bond donors (Lipinski definition) is 0. The van der Waals surface area contributed by atoms with E-state index in [4.69, 9.17) is 26.1 Å². The summed E-state index contributed by atoms with van der Waals surface area (Å²) in [5.41, 5.74) is 2.74. The Hall–Kier alpha value is -3.17. The molecule has 0 radical (unpaired) electrons. The van der Waals surface area contributed by atoms with Crippen molar-refractivity contribution in [2.45, 2.75) is 32.4 Å². The molecule has 0 N–H and O–H groups in total. The lowest BCUT2D eigenvalue weighted by molar-refractivity contribution is -0.0286. The topological polar surface area (TPSA) is 89.8 Å². The minimum atomic E-state index is -0.323. The Kier molecular flexibility index (Phi) is 6.62. The normalized spacial score (nSPS) is 18.5. The third-order valence-electron chi connectivity index (χ3n) is 6.48. The second kappa shape index (κ2) is 9.83. The predicted molar refractivity (Wildman–Crippen MR) is 132 cm³/mol. The maximum Gasteiger partial charge on any atom is 0.410 e. The van der Waals surface area contributed by atoms with Crippen molar-refractivity contribution in [3.63, 3.8) is 0 Å². The van der Waals surface area contributed by atoms with Crippen LogP contribution in [0.5, 0.6) is 0 Å². The van der Waals surface area contributed by atoms with Gasteiger partial charge >= 0.3 is 6.09 Å². The first-order valence-corrected chi connectivity index (χ1v) is 12.3. The van der Waals surface area contributed by atoms with E-state index in [2.05, 4.69) is 5.10 Å². The molecule has 184 valence electrons. The molecule has 2 amide bonds. The van der Waals surface area contributed by atoms with Crippen molar-refractivity contribution >= 4 is 34.5 Å². The van der Waals surface area contributed by atoms with E-state index in [1.807, 2.05) is 36.9 Å². The maximum absolute atomic E-state index is 13.3. The molecule has 2 saturated heterocycles. The molecule has 5 rings (SSSR count). The third-order valence-corrected chi connectivity index (χ3v) is 6.79. The van der Waals surface area contributed by atoms with Gasteiger partial charge in [0.05, 0.1) is 48.3 Å². The molecular formula is C25H28ClN5O4. The van der Waals surface area contributed by atoms with Gasteiger partial charge in [-0.3, -0.25) is 9.48 Å². The summed E-state index contributed by atoms with van der Waals surface area (Å²) in [5.74, 6) is -0.0959. The summed E-state index contributed by atoms with van der Waals surface area (Å²) in [5, 5.41) is 5.78. The first-order chi connectivity index (χ1) is 16.9. The van der Waals surface area contributed by atoms with Gasteiger partial charge in [-0.25, -0.2) is 9.78 Å². The zero-order valence-electron chi connectivity index (χ0n) is 19.8. The van der Waals surface area contributed by atoms with Crippen molar-refractivity contribution in [2.75, 3.05) is 39.5 Å². The second-order valence-corrected chi connectivity index (χ2v) is 9.44. The summed E-state index contributed by atoms with van der Waals surface area (Å²) >= 11 is 6.57. The first kappa shape index (κ1) is 23.6. The van der Waals surface area contributed by atoms with Crippen molar-refractivity contribution in [2.24, 2.45) is 0 Å². The molecular weight excluding hydrogens is 470 g/mol. The summed E-state index contributed by atoms with van der Waals surface area (Å²) in [6.07, 6.45) is 4.16. The smallest absolute Gasteiger partial charge is 0.410 e. The lowest BCUT2D eigenvalue weighted by Gasteiger charge is -2.39. The highest BCUT2D eigenvalue weighted by atomic mass is 35.5. The van der Waals surface area contributed by atoms with Crippen LogP contribution in [0.15, 0.2) is 36.7 Å². The second-order valence-electron chi connectivity index (χ2n) is 9.03. The fourth-order valence-electron chi connectivity index (χ4n) is 4.38. The highest BCUT2D eigenvalue weighted by Crippen LogP contribution is 2.30. The highest BCUT2D eigenvalue weighted by Gasteiger charge is 2.31. The molecule has 9 nitrogen and oxygen atoms in total. The summed E-state index contributed by atoms with van der Waals surface area (Å²) in [4.78, 5) is 33.8. The van der Waals surface area contributed by atoms with E-state index in [-0.39, 0.29) is 24.1 Å². The molecule has 1 aromatic carbocycles. The van der Waals surface area contributed by atoms with Gasteiger partial charge in [-0.1, -0.05) is 24.6 Å². The van der Waals surface area contributed by atoms with Crippen LogP contribution in [-0.4, -0.2) is 82.1 Å². The number of rotatable bonds is 5. The standard InChI is InChI=1S/C25H28ClN5O4/c1-3-8-35-25(33)30-7-6-29(12-16(30)2)24(32)17-4-5-20-21(26)10-22(28-23(20)9-17)18-11-27-31(13-18)19-14-34-15-19/h4-5,9-11,13,16,19H,3,6-8,12,14-15H2,1-2H3/t16-/m0/s1. The lowest BCUT2D eigenvalue weighted by atomic mass is 10.1. The van der Waals surface area contributed by atoms with Crippen LogP contribution in [0, 0.1) is 0 Å². The van der Waals surface area contributed by atoms with E-state index in [0.717, 1.165) is 17.4 Å². The number of ether oxygens (including phenoxy) is 2. The number of amides is 2. The molecule has 2 aliphatic heterocycles. The van der Waals surface area contributed by atoms with Crippen molar-refractivity contribution in [1.29, 1.82) is 0 Å². The zero-order chi connectivity index (χ0) is 24.5. The van der Waals surface area contributed by atoms with E-state index >= 15 is 0 Å². The lowest BCUT2D eigenvalue weighted by Crippen LogP contribution is -2.55. The Balaban J connectivity index is 1.34. The van der Waals surface area contributed by atoms with E-state index < -0.39 is 0 Å². The van der Waals surface area contributed by atoms with Crippen LogP contribution in [0.2, 0.25) is 5.02 Å². The quantitative estimate of drug-likeness (QED) is 0.529. The molecule has 10 heteroatoms. The maximum atomic E-state index is 13.3. The summed E-state index contributed by atoms with van der Waals surface area (Å²) in [6, 6.07) is 7.33. The number of fused-ring (bicyclic) bond motifs is 1. The first-order valence-electron chi connectivity index (χ1n) is 11.9. The largest absolute Gasteiger partial charge is 0.449 e. The SMILES string of the molecule is CCCOC(=O)N1CCN(C(=O)c2ccc3c(Cl)cc(-c4cnn(C5COC5)c4)nc3c2)C[C@@H]1C. The molecule has 0 bridgehead atoms. The third kappa shape index (κ3) is 4.70. The number of aromatic nitrogens is 3. The van der Waals surface area contributed by atoms with Gasteiger partial charge in [-0.05, 0) is 31.5 Å². The molecule has 35 heavy (non-hydrogen) atoms. The summed E-state index contributed by atoms with van der Waals surface area (Å²) < 4.78 is 12.4. The highest BCUT2D eigenvalue weighted by molar-refractivity contribution is 6.35.